The Morgan fingerprint density at radius 2 is 1.72 bits per heavy atom. The average Bonchev–Trinajstić information content (AvgIpc) is 2.67. The van der Waals surface area contributed by atoms with Crippen molar-refractivity contribution in [3.8, 4) is 5.88 Å². The Kier molecular flexibility index (Phi) is 6.52. The third-order valence-corrected chi connectivity index (χ3v) is 5.23. The molecule has 156 valence electrons. The zero-order chi connectivity index (χ0) is 21.0. The fourth-order valence-corrected chi connectivity index (χ4v) is 3.78. The van der Waals surface area contributed by atoms with Gasteiger partial charge >= 0.3 is 6.09 Å². The Morgan fingerprint density at radius 3 is 2.31 bits per heavy atom. The van der Waals surface area contributed by atoms with Gasteiger partial charge in [0.05, 0.1) is 7.11 Å². The Labute approximate surface area is 176 Å². The number of hydrogen-bond donors (Lipinski definition) is 0. The van der Waals surface area contributed by atoms with Crippen LogP contribution in [0.1, 0.15) is 26.5 Å². The van der Waals surface area contributed by atoms with Gasteiger partial charge in [0.1, 0.15) is 5.60 Å². The van der Waals surface area contributed by atoms with Crippen LogP contribution >= 0.6 is 11.8 Å². The van der Waals surface area contributed by atoms with Gasteiger partial charge in [0.15, 0.2) is 5.16 Å². The predicted octanol–water partition coefficient (Wildman–Crippen LogP) is 4.00. The molecule has 8 heteroatoms. The van der Waals surface area contributed by atoms with E-state index in [-0.39, 0.29) is 6.09 Å². The molecule has 0 unspecified atom stereocenters. The van der Waals surface area contributed by atoms with Crippen molar-refractivity contribution < 1.29 is 14.3 Å². The minimum absolute atomic E-state index is 0.238. The Morgan fingerprint density at radius 1 is 1.07 bits per heavy atom. The highest BCUT2D eigenvalue weighted by molar-refractivity contribution is 7.99. The van der Waals surface area contributed by atoms with Crippen molar-refractivity contribution in [3.63, 3.8) is 0 Å². The lowest BCUT2D eigenvalue weighted by atomic mass is 10.2. The monoisotopic (exact) mass is 416 g/mol. The lowest BCUT2D eigenvalue weighted by Crippen LogP contribution is -2.50. The molecule has 0 N–H and O–H groups in total. The van der Waals surface area contributed by atoms with Gasteiger partial charge in [0.2, 0.25) is 5.88 Å². The van der Waals surface area contributed by atoms with Crippen LogP contribution in [0.15, 0.2) is 40.4 Å². The number of methoxy groups -OCH3 is 1. The Hall–Kier alpha value is -2.48. The summed E-state index contributed by atoms with van der Waals surface area (Å²) in [5.41, 5.74) is 1.55. The Balaban J connectivity index is 1.57. The number of hydrogen-bond acceptors (Lipinski definition) is 7. The van der Waals surface area contributed by atoms with Gasteiger partial charge in [0, 0.05) is 48.5 Å². The maximum atomic E-state index is 12.2. The first-order chi connectivity index (χ1) is 13.7. The van der Waals surface area contributed by atoms with Crippen molar-refractivity contribution in [2.75, 3.05) is 38.2 Å². The summed E-state index contributed by atoms with van der Waals surface area (Å²) in [5, 5.41) is 0.667. The van der Waals surface area contributed by atoms with Crippen LogP contribution in [0, 0.1) is 6.92 Å². The molecule has 29 heavy (non-hydrogen) atoms. The maximum absolute atomic E-state index is 12.2. The first-order valence-electron chi connectivity index (χ1n) is 9.64. The number of aromatic nitrogens is 2. The molecule has 0 saturated carbocycles. The van der Waals surface area contributed by atoms with Crippen LogP contribution in [0.25, 0.3) is 0 Å². The molecule has 3 rings (SSSR count). The SMILES string of the molecule is COc1cc(C)nc(Sc2ccc(N3CCN(C(=O)OC(C)(C)C)CC3)cc2)n1. The molecule has 0 bridgehead atoms. The van der Waals surface area contributed by atoms with Gasteiger partial charge in [-0.25, -0.2) is 9.78 Å². The highest BCUT2D eigenvalue weighted by atomic mass is 32.2. The molecular formula is C21H28N4O3S. The summed E-state index contributed by atoms with van der Waals surface area (Å²) in [6.07, 6.45) is -0.238. The summed E-state index contributed by atoms with van der Waals surface area (Å²) in [7, 11) is 1.60. The molecular weight excluding hydrogens is 388 g/mol. The summed E-state index contributed by atoms with van der Waals surface area (Å²) in [6, 6.07) is 10.1. The molecule has 0 spiro atoms. The summed E-state index contributed by atoms with van der Waals surface area (Å²) in [6.45, 7) is 10.5. The van der Waals surface area contributed by atoms with E-state index >= 15 is 0 Å². The second kappa shape index (κ2) is 8.90. The molecule has 0 atom stereocenters. The van der Waals surface area contributed by atoms with Crippen molar-refractivity contribution in [2.24, 2.45) is 0 Å². The third kappa shape index (κ3) is 6.00. The number of carbonyl (C=O) groups is 1. The molecule has 1 aliphatic heterocycles. The second-order valence-corrected chi connectivity index (χ2v) is 8.93. The van der Waals surface area contributed by atoms with E-state index in [1.807, 2.05) is 33.8 Å². The number of ether oxygens (including phenoxy) is 2. The van der Waals surface area contributed by atoms with Gasteiger partial charge in [-0.3, -0.25) is 0 Å². The van der Waals surface area contributed by atoms with Gasteiger partial charge < -0.3 is 19.3 Å². The third-order valence-electron chi connectivity index (χ3n) is 4.36. The van der Waals surface area contributed by atoms with Crippen LogP contribution in [-0.4, -0.2) is 59.9 Å². The molecule has 0 aliphatic carbocycles. The predicted molar refractivity (Wildman–Crippen MR) is 114 cm³/mol. The van der Waals surface area contributed by atoms with E-state index in [0.717, 1.165) is 29.4 Å². The minimum Gasteiger partial charge on any atom is -0.481 e. The van der Waals surface area contributed by atoms with Crippen molar-refractivity contribution in [2.45, 2.75) is 43.3 Å². The number of amides is 1. The first-order valence-corrected chi connectivity index (χ1v) is 10.5. The van der Waals surface area contributed by atoms with Crippen molar-refractivity contribution in [3.05, 3.63) is 36.0 Å². The zero-order valence-electron chi connectivity index (χ0n) is 17.6. The summed E-state index contributed by atoms with van der Waals surface area (Å²) in [5.74, 6) is 0.569. The van der Waals surface area contributed by atoms with Crippen LogP contribution < -0.4 is 9.64 Å². The van der Waals surface area contributed by atoms with Crippen molar-refractivity contribution in [1.82, 2.24) is 14.9 Å². The van der Waals surface area contributed by atoms with Crippen LogP contribution in [0.5, 0.6) is 5.88 Å². The van der Waals surface area contributed by atoms with Crippen LogP contribution in [0.4, 0.5) is 10.5 Å². The van der Waals surface area contributed by atoms with Crippen molar-refractivity contribution in [1.29, 1.82) is 0 Å². The zero-order valence-corrected chi connectivity index (χ0v) is 18.5. The molecule has 1 aliphatic rings. The highest BCUT2D eigenvalue weighted by Crippen LogP contribution is 2.28. The summed E-state index contributed by atoms with van der Waals surface area (Å²) < 4.78 is 10.7. The fourth-order valence-electron chi connectivity index (χ4n) is 2.97. The number of piperazine rings is 1. The van der Waals surface area contributed by atoms with Crippen LogP contribution in [0.2, 0.25) is 0 Å². The van der Waals surface area contributed by atoms with Crippen molar-refractivity contribution >= 4 is 23.5 Å². The second-order valence-electron chi connectivity index (χ2n) is 7.88. The Bertz CT molecular complexity index is 844. The van der Waals surface area contributed by atoms with E-state index in [4.69, 9.17) is 9.47 Å². The largest absolute Gasteiger partial charge is 0.481 e. The van der Waals surface area contributed by atoms with E-state index in [1.54, 1.807) is 12.0 Å². The number of nitrogens with zero attached hydrogens (tertiary/aromatic N) is 4. The van der Waals surface area contributed by atoms with Crippen LogP contribution in [0.3, 0.4) is 0 Å². The summed E-state index contributed by atoms with van der Waals surface area (Å²) >= 11 is 1.51. The van der Waals surface area contributed by atoms with Crippen LogP contribution in [-0.2, 0) is 4.74 Å². The molecule has 1 saturated heterocycles. The van der Waals surface area contributed by atoms with Gasteiger partial charge in [0.25, 0.3) is 0 Å². The highest BCUT2D eigenvalue weighted by Gasteiger charge is 2.25. The number of aryl methyl sites for hydroxylation is 1. The summed E-state index contributed by atoms with van der Waals surface area (Å²) in [4.78, 5) is 26.2. The smallest absolute Gasteiger partial charge is 0.410 e. The fraction of sp³-hybridized carbons (Fsp3) is 0.476. The van der Waals surface area contributed by atoms with Gasteiger partial charge in [-0.1, -0.05) is 0 Å². The van der Waals surface area contributed by atoms with E-state index in [0.29, 0.717) is 24.1 Å². The molecule has 2 heterocycles. The van der Waals surface area contributed by atoms with E-state index in [9.17, 15) is 4.79 Å². The molecule has 7 nitrogen and oxygen atoms in total. The molecule has 1 amide bonds. The molecule has 0 radical (unpaired) electrons. The van der Waals surface area contributed by atoms with Gasteiger partial charge in [-0.15, -0.1) is 0 Å². The lowest BCUT2D eigenvalue weighted by Gasteiger charge is -2.36. The van der Waals surface area contributed by atoms with Gasteiger partial charge in [-0.05, 0) is 63.7 Å². The standard InChI is InChI=1S/C21H28N4O3S/c1-15-14-18(27-5)23-19(22-15)29-17-8-6-16(7-9-17)24-10-12-25(13-11-24)20(26)28-21(2,3)4/h6-9,14H,10-13H2,1-5H3. The van der Waals surface area contributed by atoms with E-state index in [1.165, 1.54) is 11.8 Å². The quantitative estimate of drug-likeness (QED) is 0.698. The molecule has 1 fully saturated rings. The number of benzene rings is 1. The molecule has 2 aromatic rings. The normalized spacial score (nSPS) is 14.7. The van der Waals surface area contributed by atoms with E-state index in [2.05, 4.69) is 39.1 Å². The van der Waals surface area contributed by atoms with E-state index < -0.39 is 5.60 Å². The minimum atomic E-state index is -0.466. The maximum Gasteiger partial charge on any atom is 0.410 e. The topological polar surface area (TPSA) is 67.8 Å². The number of carbonyl (C=O) groups excluding carboxylic acids is 1. The number of anilines is 1. The first kappa shape index (κ1) is 21.2. The molecule has 1 aromatic heterocycles. The lowest BCUT2D eigenvalue weighted by molar-refractivity contribution is 0.0240. The molecule has 1 aromatic carbocycles. The van der Waals surface area contributed by atoms with Gasteiger partial charge in [-0.2, -0.15) is 4.98 Å². The number of rotatable bonds is 4. The average molecular weight is 417 g/mol.